The summed E-state index contributed by atoms with van der Waals surface area (Å²) in [7, 11) is -1.27. The molecular formula is C44H36N2P2S. The highest BCUT2D eigenvalue weighted by atomic mass is 32.1. The molecule has 0 amide bonds. The molecule has 7 rings (SSSR count). The van der Waals surface area contributed by atoms with Gasteiger partial charge in [-0.25, -0.2) is 0 Å². The van der Waals surface area contributed by atoms with Crippen molar-refractivity contribution in [3.63, 3.8) is 0 Å². The number of hydrogen-bond donors (Lipinski definition) is 0. The zero-order chi connectivity index (χ0) is 33.4. The third kappa shape index (κ3) is 7.93. The summed E-state index contributed by atoms with van der Waals surface area (Å²) in [6.45, 7) is 4.18. The fourth-order valence-corrected chi connectivity index (χ4v) is 11.2. The maximum atomic E-state index is 5.00. The predicted octanol–water partition coefficient (Wildman–Crippen LogP) is 9.55. The van der Waals surface area contributed by atoms with E-state index in [1.54, 1.807) is 11.3 Å². The molecule has 0 radical (unpaired) electrons. The molecule has 0 saturated carbocycles. The first-order chi connectivity index (χ1) is 24.1. The average molecular weight is 687 g/mol. The van der Waals surface area contributed by atoms with Gasteiger partial charge >= 0.3 is 0 Å². The van der Waals surface area contributed by atoms with Crippen LogP contribution in [0.4, 0.5) is 11.4 Å². The van der Waals surface area contributed by atoms with Gasteiger partial charge in [-0.15, -0.1) is 11.3 Å². The van der Waals surface area contributed by atoms with Gasteiger partial charge in [-0.05, 0) is 97.9 Å². The summed E-state index contributed by atoms with van der Waals surface area (Å²) in [5, 5.41) is 8.02. The zero-order valence-corrected chi connectivity index (χ0v) is 30.1. The van der Waals surface area contributed by atoms with Gasteiger partial charge in [0.15, 0.2) is 0 Å². The number of nitrogens with zero attached hydrogens (tertiary/aromatic N) is 2. The lowest BCUT2D eigenvalue weighted by molar-refractivity contribution is 1.50. The van der Waals surface area contributed by atoms with E-state index in [4.69, 9.17) is 9.98 Å². The van der Waals surface area contributed by atoms with Crippen LogP contribution in [-0.2, 0) is 0 Å². The standard InChI is InChI=1S/C44H36N2P2S/c1-33(45-35-23-27-41(28-24-35)47(37-15-7-3-8-16-37)38-17-9-4-10-18-38)43-31-32-44(49-43)34(2)46-36-25-29-42(30-26-36)48(39-19-11-5-12-20-39)40-21-13-6-14-22-40/h3-32H,1-2H3. The number of thiophene rings is 1. The maximum absolute atomic E-state index is 5.00. The molecule has 49 heavy (non-hydrogen) atoms. The van der Waals surface area contributed by atoms with Crippen molar-refractivity contribution in [2.45, 2.75) is 13.8 Å². The van der Waals surface area contributed by atoms with Crippen molar-refractivity contribution >= 4 is 81.8 Å². The predicted molar refractivity (Wildman–Crippen MR) is 218 cm³/mol. The van der Waals surface area contributed by atoms with Crippen LogP contribution in [0.25, 0.3) is 0 Å². The number of benzene rings is 6. The summed E-state index contributed by atoms with van der Waals surface area (Å²) in [4.78, 5) is 12.3. The highest BCUT2D eigenvalue weighted by Crippen LogP contribution is 2.34. The van der Waals surface area contributed by atoms with Crippen LogP contribution in [0.2, 0.25) is 0 Å². The molecule has 0 bridgehead atoms. The minimum absolute atomic E-state index is 0.634. The van der Waals surface area contributed by atoms with E-state index in [2.05, 4.69) is 196 Å². The molecule has 238 valence electrons. The molecule has 0 saturated heterocycles. The average Bonchev–Trinajstić information content (AvgIpc) is 3.67. The van der Waals surface area contributed by atoms with Gasteiger partial charge in [0.2, 0.25) is 0 Å². The third-order valence-corrected chi connectivity index (χ3v) is 14.4. The van der Waals surface area contributed by atoms with Crippen molar-refractivity contribution in [3.05, 3.63) is 192 Å². The molecule has 1 aromatic heterocycles. The van der Waals surface area contributed by atoms with Crippen LogP contribution in [0.1, 0.15) is 23.6 Å². The van der Waals surface area contributed by atoms with Crippen molar-refractivity contribution in [1.82, 2.24) is 0 Å². The second-order valence-electron chi connectivity index (χ2n) is 11.6. The Balaban J connectivity index is 1.07. The third-order valence-electron chi connectivity index (χ3n) is 8.19. The Hall–Kier alpha value is -4.78. The summed E-state index contributed by atoms with van der Waals surface area (Å²) >= 11 is 1.74. The van der Waals surface area contributed by atoms with Gasteiger partial charge in [0.1, 0.15) is 0 Å². The lowest BCUT2D eigenvalue weighted by Gasteiger charge is -2.19. The molecule has 6 aromatic carbocycles. The van der Waals surface area contributed by atoms with E-state index in [1.807, 2.05) is 0 Å². The summed E-state index contributed by atoms with van der Waals surface area (Å²) in [5.41, 5.74) is 3.93. The summed E-state index contributed by atoms with van der Waals surface area (Å²) < 4.78 is 0. The number of aliphatic imine (C=N–C) groups is 2. The van der Waals surface area contributed by atoms with Gasteiger partial charge in [0.05, 0.1) is 22.8 Å². The van der Waals surface area contributed by atoms with Crippen molar-refractivity contribution in [2.24, 2.45) is 9.98 Å². The van der Waals surface area contributed by atoms with Crippen LogP contribution in [0, 0.1) is 0 Å². The summed E-state index contributed by atoms with van der Waals surface area (Å²) in [5.74, 6) is 0. The molecule has 0 aliphatic carbocycles. The quantitative estimate of drug-likeness (QED) is 0.101. The van der Waals surface area contributed by atoms with E-state index in [0.717, 1.165) is 32.6 Å². The van der Waals surface area contributed by atoms with Crippen molar-refractivity contribution in [1.29, 1.82) is 0 Å². The smallest absolute Gasteiger partial charge is 0.0633 e. The van der Waals surface area contributed by atoms with Crippen molar-refractivity contribution < 1.29 is 0 Å². The Morgan fingerprint density at radius 3 is 0.898 bits per heavy atom. The first-order valence-corrected chi connectivity index (χ1v) is 19.8. The molecule has 0 spiro atoms. The number of hydrogen-bond acceptors (Lipinski definition) is 3. The van der Waals surface area contributed by atoms with Crippen molar-refractivity contribution in [3.8, 4) is 0 Å². The Bertz CT molecular complexity index is 1920. The minimum Gasteiger partial charge on any atom is -0.252 e. The number of rotatable bonds is 10. The van der Waals surface area contributed by atoms with Gasteiger partial charge in [0.25, 0.3) is 0 Å². The Morgan fingerprint density at radius 2 is 0.612 bits per heavy atom. The Morgan fingerprint density at radius 1 is 0.347 bits per heavy atom. The molecule has 0 unspecified atom stereocenters. The Kier molecular flexibility index (Phi) is 10.4. The molecule has 0 atom stereocenters. The summed E-state index contributed by atoms with van der Waals surface area (Å²) in [6, 6.07) is 65.1. The van der Waals surface area contributed by atoms with E-state index in [9.17, 15) is 0 Å². The maximum Gasteiger partial charge on any atom is 0.0633 e. The fourth-order valence-electron chi connectivity index (χ4n) is 5.78. The van der Waals surface area contributed by atoms with E-state index in [0.29, 0.717) is 0 Å². The molecule has 0 aliphatic heterocycles. The van der Waals surface area contributed by atoms with Gasteiger partial charge in [-0.2, -0.15) is 0 Å². The van der Waals surface area contributed by atoms with Crippen LogP contribution < -0.4 is 31.8 Å². The molecule has 0 N–H and O–H groups in total. The largest absolute Gasteiger partial charge is 0.252 e. The monoisotopic (exact) mass is 686 g/mol. The van der Waals surface area contributed by atoms with E-state index >= 15 is 0 Å². The normalized spacial score (nSPS) is 12.1. The van der Waals surface area contributed by atoms with Gasteiger partial charge in [0, 0.05) is 9.75 Å². The first kappa shape index (κ1) is 32.8. The highest BCUT2D eigenvalue weighted by molar-refractivity contribution is 7.80. The molecule has 5 heteroatoms. The van der Waals surface area contributed by atoms with E-state index < -0.39 is 15.8 Å². The molecule has 0 aliphatic rings. The van der Waals surface area contributed by atoms with E-state index in [1.165, 1.54) is 31.8 Å². The van der Waals surface area contributed by atoms with Crippen LogP contribution >= 0.6 is 27.2 Å². The second-order valence-corrected chi connectivity index (χ2v) is 17.1. The van der Waals surface area contributed by atoms with Crippen LogP contribution in [0.5, 0.6) is 0 Å². The topological polar surface area (TPSA) is 24.7 Å². The van der Waals surface area contributed by atoms with Crippen LogP contribution in [0.15, 0.2) is 192 Å². The Labute approximate surface area is 296 Å². The van der Waals surface area contributed by atoms with Crippen molar-refractivity contribution in [2.75, 3.05) is 0 Å². The molecule has 7 aromatic rings. The molecule has 1 heterocycles. The summed E-state index contributed by atoms with van der Waals surface area (Å²) in [6.07, 6.45) is 0. The molecule has 2 nitrogen and oxygen atoms in total. The van der Waals surface area contributed by atoms with Gasteiger partial charge < -0.3 is 0 Å². The van der Waals surface area contributed by atoms with E-state index in [-0.39, 0.29) is 0 Å². The minimum atomic E-state index is -0.634. The highest BCUT2D eigenvalue weighted by Gasteiger charge is 2.17. The zero-order valence-electron chi connectivity index (χ0n) is 27.5. The second kappa shape index (κ2) is 15.6. The van der Waals surface area contributed by atoms with Crippen LogP contribution in [-0.4, -0.2) is 11.4 Å². The SMILES string of the molecule is CC(=Nc1ccc(P(c2ccccc2)c2ccccc2)cc1)c1ccc(C(C)=Nc2ccc(P(c3ccccc3)c3ccccc3)cc2)s1. The van der Waals surface area contributed by atoms with Crippen LogP contribution in [0.3, 0.4) is 0 Å². The fraction of sp³-hybridized carbons (Fsp3) is 0.0455. The lowest BCUT2D eigenvalue weighted by Crippen LogP contribution is -2.20. The molecule has 0 fully saturated rings. The lowest BCUT2D eigenvalue weighted by atomic mass is 10.2. The van der Waals surface area contributed by atoms with Gasteiger partial charge in [-0.1, -0.05) is 146 Å². The first-order valence-electron chi connectivity index (χ1n) is 16.3. The molecular weight excluding hydrogens is 651 g/mol. The van der Waals surface area contributed by atoms with Gasteiger partial charge in [-0.3, -0.25) is 9.98 Å².